The number of rotatable bonds is 5. The molecule has 0 saturated carbocycles. The maximum atomic E-state index is 13.7. The number of nitrogens with zero attached hydrogens (tertiary/aromatic N) is 1. The lowest BCUT2D eigenvalue weighted by atomic mass is 10.2. The Kier molecular flexibility index (Phi) is 4.67. The van der Waals surface area contributed by atoms with Gasteiger partial charge in [-0.3, -0.25) is 0 Å². The van der Waals surface area contributed by atoms with Crippen LogP contribution in [0.5, 0.6) is 0 Å². The van der Waals surface area contributed by atoms with Gasteiger partial charge < -0.3 is 5.11 Å². The highest BCUT2D eigenvalue weighted by molar-refractivity contribution is 7.89. The number of sulfonamides is 1. The number of benzene rings is 1. The first-order valence-electron chi connectivity index (χ1n) is 5.82. The molecule has 0 saturated heterocycles. The van der Waals surface area contributed by atoms with Gasteiger partial charge in [0.2, 0.25) is 10.0 Å². The molecule has 0 atom stereocenters. The average molecular weight is 334 g/mol. The Morgan fingerprint density at radius 3 is 2.67 bits per heavy atom. The van der Waals surface area contributed by atoms with Crippen molar-refractivity contribution in [2.24, 2.45) is 0 Å². The molecule has 0 fully saturated rings. The van der Waals surface area contributed by atoms with E-state index in [-0.39, 0.29) is 12.1 Å². The number of aryl methyl sites for hydroxylation is 1. The number of aromatic nitrogens is 1. The van der Waals surface area contributed by atoms with Crippen LogP contribution < -0.4 is 4.72 Å². The Bertz CT molecular complexity index is 760. The lowest BCUT2D eigenvalue weighted by molar-refractivity contribution is 0.280. The summed E-state index contributed by atoms with van der Waals surface area (Å²) in [6, 6.07) is 1.65. The van der Waals surface area contributed by atoms with Crippen molar-refractivity contribution in [1.82, 2.24) is 9.71 Å². The second-order valence-corrected chi connectivity index (χ2v) is 6.91. The molecule has 0 bridgehead atoms. The number of aliphatic hydroxyl groups is 1. The molecular formula is C12H12F2N2O3S2. The molecule has 9 heteroatoms. The van der Waals surface area contributed by atoms with E-state index in [1.165, 1.54) is 11.3 Å². The van der Waals surface area contributed by atoms with E-state index in [4.69, 9.17) is 5.11 Å². The minimum absolute atomic E-state index is 0.0248. The molecule has 0 radical (unpaired) electrons. The summed E-state index contributed by atoms with van der Waals surface area (Å²) in [5.74, 6) is -2.79. The predicted molar refractivity (Wildman–Crippen MR) is 73.2 cm³/mol. The summed E-state index contributed by atoms with van der Waals surface area (Å²) in [5.41, 5.74) is 2.20. The van der Waals surface area contributed by atoms with Crippen LogP contribution in [0.25, 0.3) is 0 Å². The van der Waals surface area contributed by atoms with Crippen molar-refractivity contribution in [2.45, 2.75) is 25.0 Å². The third-order valence-electron chi connectivity index (χ3n) is 2.79. The molecule has 0 aliphatic carbocycles. The van der Waals surface area contributed by atoms with Crippen LogP contribution in [0.4, 0.5) is 8.78 Å². The fourth-order valence-corrected chi connectivity index (χ4v) is 3.58. The number of thiazole rings is 1. The maximum Gasteiger partial charge on any atom is 0.243 e. The zero-order valence-electron chi connectivity index (χ0n) is 10.9. The minimum Gasteiger partial charge on any atom is -0.392 e. The quantitative estimate of drug-likeness (QED) is 0.872. The zero-order valence-corrected chi connectivity index (χ0v) is 12.6. The average Bonchev–Trinajstić information content (AvgIpc) is 2.84. The van der Waals surface area contributed by atoms with Gasteiger partial charge in [0, 0.05) is 11.4 Å². The Morgan fingerprint density at radius 2 is 2.10 bits per heavy atom. The van der Waals surface area contributed by atoms with Crippen molar-refractivity contribution >= 4 is 21.4 Å². The summed E-state index contributed by atoms with van der Waals surface area (Å²) < 4.78 is 53.3. The molecule has 0 amide bonds. The van der Waals surface area contributed by atoms with Crippen LogP contribution in [0.3, 0.4) is 0 Å². The second kappa shape index (κ2) is 6.14. The smallest absolute Gasteiger partial charge is 0.243 e. The number of nitrogens with one attached hydrogen (secondary N) is 1. The Labute approximate surface area is 124 Å². The molecule has 1 aromatic carbocycles. The number of halogens is 2. The molecule has 2 aromatic rings. The summed E-state index contributed by atoms with van der Waals surface area (Å²) in [5, 5.41) is 8.95. The van der Waals surface area contributed by atoms with Gasteiger partial charge in [0.05, 0.1) is 17.8 Å². The lowest BCUT2D eigenvalue weighted by Crippen LogP contribution is -2.24. The van der Waals surface area contributed by atoms with Gasteiger partial charge in [0.1, 0.15) is 4.90 Å². The summed E-state index contributed by atoms with van der Waals surface area (Å²) in [7, 11) is -4.24. The highest BCUT2D eigenvalue weighted by atomic mass is 32.2. The van der Waals surface area contributed by atoms with E-state index in [9.17, 15) is 17.2 Å². The molecule has 1 aromatic heterocycles. The van der Waals surface area contributed by atoms with Gasteiger partial charge >= 0.3 is 0 Å². The van der Waals surface area contributed by atoms with Gasteiger partial charge in [0.25, 0.3) is 0 Å². The largest absolute Gasteiger partial charge is 0.392 e. The summed E-state index contributed by atoms with van der Waals surface area (Å²) in [4.78, 5) is 3.82. The van der Waals surface area contributed by atoms with Crippen LogP contribution in [-0.4, -0.2) is 18.5 Å². The Hall–Kier alpha value is -1.42. The molecule has 21 heavy (non-hydrogen) atoms. The van der Waals surface area contributed by atoms with Crippen molar-refractivity contribution in [3.63, 3.8) is 0 Å². The minimum atomic E-state index is -4.24. The van der Waals surface area contributed by atoms with Crippen LogP contribution >= 0.6 is 11.3 Å². The molecule has 5 nitrogen and oxygen atoms in total. The summed E-state index contributed by atoms with van der Waals surface area (Å²) in [6.07, 6.45) is 0. The van der Waals surface area contributed by atoms with E-state index in [1.54, 1.807) is 12.4 Å². The maximum absolute atomic E-state index is 13.7. The van der Waals surface area contributed by atoms with Gasteiger partial charge in [-0.1, -0.05) is 0 Å². The van der Waals surface area contributed by atoms with Gasteiger partial charge in [-0.25, -0.2) is 26.9 Å². The number of aliphatic hydroxyl groups excluding tert-OH is 1. The van der Waals surface area contributed by atoms with E-state index in [0.29, 0.717) is 10.6 Å². The first-order valence-corrected chi connectivity index (χ1v) is 8.19. The molecule has 0 aliphatic rings. The topological polar surface area (TPSA) is 79.3 Å². The van der Waals surface area contributed by atoms with E-state index in [0.717, 1.165) is 12.1 Å². The fraction of sp³-hybridized carbons (Fsp3) is 0.250. The molecular weight excluding hydrogens is 322 g/mol. The van der Waals surface area contributed by atoms with E-state index >= 15 is 0 Å². The third kappa shape index (κ3) is 3.43. The van der Waals surface area contributed by atoms with E-state index < -0.39 is 33.2 Å². The Morgan fingerprint density at radius 1 is 1.38 bits per heavy atom. The highest BCUT2D eigenvalue weighted by Crippen LogP contribution is 2.21. The molecule has 0 spiro atoms. The van der Waals surface area contributed by atoms with Crippen molar-refractivity contribution in [2.75, 3.05) is 0 Å². The molecule has 0 aliphatic heterocycles. The third-order valence-corrected chi connectivity index (χ3v) is 5.13. The van der Waals surface area contributed by atoms with Crippen molar-refractivity contribution in [3.05, 3.63) is 45.4 Å². The van der Waals surface area contributed by atoms with Crippen LogP contribution in [0.2, 0.25) is 0 Å². The molecule has 2 N–H and O–H groups in total. The molecule has 114 valence electrons. The van der Waals surface area contributed by atoms with Crippen molar-refractivity contribution < 1.29 is 22.3 Å². The van der Waals surface area contributed by atoms with Crippen molar-refractivity contribution in [3.8, 4) is 0 Å². The van der Waals surface area contributed by atoms with E-state index in [1.807, 2.05) is 0 Å². The van der Waals surface area contributed by atoms with E-state index in [2.05, 4.69) is 9.71 Å². The van der Waals surface area contributed by atoms with Crippen LogP contribution in [0.15, 0.2) is 22.5 Å². The second-order valence-electron chi connectivity index (χ2n) is 4.23. The molecule has 2 rings (SSSR count). The first kappa shape index (κ1) is 16.0. The number of hydrogen-bond acceptors (Lipinski definition) is 5. The van der Waals surface area contributed by atoms with Gasteiger partial charge in [-0.2, -0.15) is 0 Å². The predicted octanol–water partition coefficient (Wildman–Crippen LogP) is 1.70. The fourth-order valence-electron chi connectivity index (χ4n) is 1.64. The zero-order chi connectivity index (χ0) is 15.6. The SMILES string of the molecule is Cc1ncsc1CNS(=O)(=O)c1cc(CO)cc(F)c1F. The first-order chi connectivity index (χ1) is 9.85. The van der Waals surface area contributed by atoms with Crippen LogP contribution in [0, 0.1) is 18.6 Å². The van der Waals surface area contributed by atoms with Crippen LogP contribution in [-0.2, 0) is 23.2 Å². The van der Waals surface area contributed by atoms with Crippen molar-refractivity contribution in [1.29, 1.82) is 0 Å². The standard InChI is InChI=1S/C12H12F2N2O3S2/c1-7-10(20-6-15-7)4-16-21(18,19)11-3-8(5-17)2-9(13)12(11)14/h2-3,6,16-17H,4-5H2,1H3. The summed E-state index contributed by atoms with van der Waals surface area (Å²) >= 11 is 1.25. The molecule has 1 heterocycles. The van der Waals surface area contributed by atoms with Crippen LogP contribution in [0.1, 0.15) is 16.1 Å². The monoisotopic (exact) mass is 334 g/mol. The normalized spacial score (nSPS) is 11.8. The van der Waals surface area contributed by atoms with Gasteiger partial charge in [-0.05, 0) is 24.6 Å². The summed E-state index contributed by atoms with van der Waals surface area (Å²) in [6.45, 7) is 1.06. The highest BCUT2D eigenvalue weighted by Gasteiger charge is 2.23. The Balaban J connectivity index is 2.31. The number of hydrogen-bond donors (Lipinski definition) is 2. The van der Waals surface area contributed by atoms with Gasteiger partial charge in [0.15, 0.2) is 11.6 Å². The lowest BCUT2D eigenvalue weighted by Gasteiger charge is -2.09. The molecule has 0 unspecified atom stereocenters. The van der Waals surface area contributed by atoms with Gasteiger partial charge in [-0.15, -0.1) is 11.3 Å².